The van der Waals surface area contributed by atoms with Gasteiger partial charge in [-0.15, -0.1) is 0 Å². The molecule has 1 aliphatic rings. The highest BCUT2D eigenvalue weighted by atomic mass is 16.2. The van der Waals surface area contributed by atoms with Gasteiger partial charge in [0.25, 0.3) is 0 Å². The number of likely N-dealkylation sites (tertiary alicyclic amines) is 1. The minimum Gasteiger partial charge on any atom is -0.348 e. The lowest BCUT2D eigenvalue weighted by atomic mass is 9.98. The molecule has 1 saturated heterocycles. The number of pyridine rings is 1. The van der Waals surface area contributed by atoms with E-state index in [-0.39, 0.29) is 6.03 Å². The molecule has 0 radical (unpaired) electrons. The van der Waals surface area contributed by atoms with Crippen molar-refractivity contribution in [1.82, 2.24) is 25.2 Å². The first-order valence-electron chi connectivity index (χ1n) is 7.74. The molecule has 1 fully saturated rings. The summed E-state index contributed by atoms with van der Waals surface area (Å²) in [5.74, 6) is 1.30. The Balaban J connectivity index is 1.47. The molecule has 0 bridgehead atoms. The fourth-order valence-electron chi connectivity index (χ4n) is 2.86. The number of H-pyrrole nitrogens is 1. The third-order valence-corrected chi connectivity index (χ3v) is 4.05. The summed E-state index contributed by atoms with van der Waals surface area (Å²) in [6, 6.07) is 3.96. The Morgan fingerprint density at radius 3 is 3.00 bits per heavy atom. The molecule has 2 amide bonds. The number of piperidine rings is 1. The van der Waals surface area contributed by atoms with Gasteiger partial charge in [-0.25, -0.2) is 9.78 Å². The topological polar surface area (TPSA) is 73.9 Å². The molecule has 2 aromatic rings. The standard InChI is InChI=1S/C16H21N5O/c22-16(20-8-5-13-3-6-17-7-4-13)21-11-1-2-14(12-21)15-18-9-10-19-15/h3-4,6-7,9-10,14H,1-2,5,8,11-12H2,(H,18,19)(H,20,22). The molecule has 6 nitrogen and oxygen atoms in total. The van der Waals surface area contributed by atoms with Gasteiger partial charge in [-0.2, -0.15) is 0 Å². The highest BCUT2D eigenvalue weighted by Crippen LogP contribution is 2.24. The molecule has 1 atom stereocenters. The number of rotatable bonds is 4. The second kappa shape index (κ2) is 7.06. The molecule has 0 spiro atoms. The predicted molar refractivity (Wildman–Crippen MR) is 83.5 cm³/mol. The van der Waals surface area contributed by atoms with Gasteiger partial charge in [0.15, 0.2) is 0 Å². The van der Waals surface area contributed by atoms with Gasteiger partial charge in [0.2, 0.25) is 0 Å². The lowest BCUT2D eigenvalue weighted by Gasteiger charge is -2.31. The summed E-state index contributed by atoms with van der Waals surface area (Å²) in [4.78, 5) is 25.6. The molecule has 2 aromatic heterocycles. The molecule has 22 heavy (non-hydrogen) atoms. The van der Waals surface area contributed by atoms with Crippen LogP contribution in [0.1, 0.15) is 30.1 Å². The van der Waals surface area contributed by atoms with Crippen molar-refractivity contribution in [2.75, 3.05) is 19.6 Å². The van der Waals surface area contributed by atoms with Crippen LogP contribution in [0.5, 0.6) is 0 Å². The van der Waals surface area contributed by atoms with E-state index in [9.17, 15) is 4.79 Å². The van der Waals surface area contributed by atoms with E-state index in [0.29, 0.717) is 12.5 Å². The molecule has 6 heteroatoms. The third-order valence-electron chi connectivity index (χ3n) is 4.05. The molecule has 3 rings (SSSR count). The van der Waals surface area contributed by atoms with Crippen molar-refractivity contribution in [3.63, 3.8) is 0 Å². The van der Waals surface area contributed by atoms with Gasteiger partial charge in [0.05, 0.1) is 0 Å². The highest BCUT2D eigenvalue weighted by molar-refractivity contribution is 5.74. The van der Waals surface area contributed by atoms with Gasteiger partial charge in [0, 0.05) is 50.3 Å². The minimum atomic E-state index is 0.0188. The minimum absolute atomic E-state index is 0.0188. The number of carbonyl (C=O) groups is 1. The number of aromatic nitrogens is 3. The average Bonchev–Trinajstić information content (AvgIpc) is 3.10. The van der Waals surface area contributed by atoms with E-state index in [0.717, 1.165) is 38.2 Å². The number of imidazole rings is 1. The van der Waals surface area contributed by atoms with Crippen LogP contribution in [0.25, 0.3) is 0 Å². The number of nitrogens with zero attached hydrogens (tertiary/aromatic N) is 3. The number of hydrogen-bond acceptors (Lipinski definition) is 3. The predicted octanol–water partition coefficient (Wildman–Crippen LogP) is 1.94. The first-order chi connectivity index (χ1) is 10.8. The van der Waals surface area contributed by atoms with Crippen molar-refractivity contribution in [2.24, 2.45) is 0 Å². The number of aromatic amines is 1. The molecule has 1 aliphatic heterocycles. The second-order valence-electron chi connectivity index (χ2n) is 5.60. The summed E-state index contributed by atoms with van der Waals surface area (Å²) in [5.41, 5.74) is 1.18. The molecule has 3 heterocycles. The maximum Gasteiger partial charge on any atom is 0.317 e. The molecule has 0 saturated carbocycles. The van der Waals surface area contributed by atoms with Gasteiger partial charge < -0.3 is 15.2 Å². The zero-order chi connectivity index (χ0) is 15.2. The molecule has 116 valence electrons. The van der Waals surface area contributed by atoms with Crippen LogP contribution in [0.2, 0.25) is 0 Å². The number of urea groups is 1. The monoisotopic (exact) mass is 299 g/mol. The normalized spacial score (nSPS) is 18.2. The Bertz CT molecular complexity index is 584. The van der Waals surface area contributed by atoms with E-state index in [1.54, 1.807) is 18.6 Å². The van der Waals surface area contributed by atoms with Gasteiger partial charge in [0.1, 0.15) is 5.82 Å². The number of nitrogens with one attached hydrogen (secondary N) is 2. The molecule has 1 unspecified atom stereocenters. The SMILES string of the molecule is O=C(NCCc1ccncc1)N1CCCC(c2ncc[nH]2)C1. The van der Waals surface area contributed by atoms with Crippen LogP contribution in [0.15, 0.2) is 36.9 Å². The quantitative estimate of drug-likeness (QED) is 0.906. The van der Waals surface area contributed by atoms with Gasteiger partial charge in [-0.1, -0.05) is 0 Å². The van der Waals surface area contributed by atoms with Crippen molar-refractivity contribution in [2.45, 2.75) is 25.2 Å². The van der Waals surface area contributed by atoms with Crippen molar-refractivity contribution in [1.29, 1.82) is 0 Å². The molecular formula is C16H21N5O. The summed E-state index contributed by atoms with van der Waals surface area (Å²) in [6.07, 6.45) is 10.1. The fourth-order valence-corrected chi connectivity index (χ4v) is 2.86. The largest absolute Gasteiger partial charge is 0.348 e. The van der Waals surface area contributed by atoms with Gasteiger partial charge >= 0.3 is 6.03 Å². The zero-order valence-electron chi connectivity index (χ0n) is 12.5. The summed E-state index contributed by atoms with van der Waals surface area (Å²) < 4.78 is 0. The first kappa shape index (κ1) is 14.6. The van der Waals surface area contributed by atoms with E-state index < -0.39 is 0 Å². The molecular weight excluding hydrogens is 278 g/mol. The van der Waals surface area contributed by atoms with E-state index in [1.807, 2.05) is 23.2 Å². The zero-order valence-corrected chi connectivity index (χ0v) is 12.5. The smallest absolute Gasteiger partial charge is 0.317 e. The number of amides is 2. The van der Waals surface area contributed by atoms with E-state index >= 15 is 0 Å². The Labute approximate surface area is 130 Å². The maximum atomic E-state index is 12.3. The van der Waals surface area contributed by atoms with E-state index in [2.05, 4.69) is 20.3 Å². The summed E-state index contributed by atoms with van der Waals surface area (Å²) in [5, 5.41) is 3.00. The first-order valence-corrected chi connectivity index (χ1v) is 7.74. The van der Waals surface area contributed by atoms with E-state index in [1.165, 1.54) is 5.56 Å². The van der Waals surface area contributed by atoms with Crippen LogP contribution < -0.4 is 5.32 Å². The number of hydrogen-bond donors (Lipinski definition) is 2. The van der Waals surface area contributed by atoms with Crippen LogP contribution >= 0.6 is 0 Å². The van der Waals surface area contributed by atoms with Crippen LogP contribution in [0.3, 0.4) is 0 Å². The second-order valence-corrected chi connectivity index (χ2v) is 5.60. The third kappa shape index (κ3) is 3.63. The van der Waals surface area contributed by atoms with Crippen molar-refractivity contribution in [3.05, 3.63) is 48.3 Å². The van der Waals surface area contributed by atoms with Crippen LogP contribution in [0, 0.1) is 0 Å². The molecule has 0 aromatic carbocycles. The molecule has 0 aliphatic carbocycles. The highest BCUT2D eigenvalue weighted by Gasteiger charge is 2.25. The van der Waals surface area contributed by atoms with Crippen molar-refractivity contribution < 1.29 is 4.79 Å². The number of carbonyl (C=O) groups excluding carboxylic acids is 1. The Morgan fingerprint density at radius 2 is 2.23 bits per heavy atom. The average molecular weight is 299 g/mol. The summed E-state index contributed by atoms with van der Waals surface area (Å²) >= 11 is 0. The Hall–Kier alpha value is -2.37. The van der Waals surface area contributed by atoms with Gasteiger partial charge in [-0.3, -0.25) is 4.98 Å². The Kier molecular flexibility index (Phi) is 4.68. The van der Waals surface area contributed by atoms with Crippen molar-refractivity contribution >= 4 is 6.03 Å². The van der Waals surface area contributed by atoms with E-state index in [4.69, 9.17) is 0 Å². The summed E-state index contributed by atoms with van der Waals surface area (Å²) in [6.45, 7) is 2.19. The van der Waals surface area contributed by atoms with Crippen molar-refractivity contribution in [3.8, 4) is 0 Å². The van der Waals surface area contributed by atoms with Gasteiger partial charge in [-0.05, 0) is 37.0 Å². The summed E-state index contributed by atoms with van der Waals surface area (Å²) in [7, 11) is 0. The van der Waals surface area contributed by atoms with Crippen LogP contribution in [-0.4, -0.2) is 45.5 Å². The lowest BCUT2D eigenvalue weighted by molar-refractivity contribution is 0.178. The fraction of sp³-hybridized carbons (Fsp3) is 0.438. The maximum absolute atomic E-state index is 12.3. The lowest BCUT2D eigenvalue weighted by Crippen LogP contribution is -2.45. The van der Waals surface area contributed by atoms with Crippen LogP contribution in [-0.2, 0) is 6.42 Å². The van der Waals surface area contributed by atoms with Crippen LogP contribution in [0.4, 0.5) is 4.79 Å². The molecule has 2 N–H and O–H groups in total. The Morgan fingerprint density at radius 1 is 1.36 bits per heavy atom.